The van der Waals surface area contributed by atoms with Crippen molar-refractivity contribution in [1.29, 1.82) is 0 Å². The van der Waals surface area contributed by atoms with Crippen LogP contribution in [-0.4, -0.2) is 23.3 Å². The molecule has 2 atom stereocenters. The van der Waals surface area contributed by atoms with E-state index in [9.17, 15) is 14.3 Å². The fraction of sp³-hybridized carbons (Fsp3) is 0.240. The van der Waals surface area contributed by atoms with Gasteiger partial charge in [-0.05, 0) is 58.9 Å². The molecule has 3 aromatic rings. The molecule has 6 heteroatoms. The van der Waals surface area contributed by atoms with Crippen LogP contribution in [0.25, 0.3) is 11.1 Å². The van der Waals surface area contributed by atoms with E-state index in [0.29, 0.717) is 11.3 Å². The normalized spacial score (nSPS) is 16.2. The van der Waals surface area contributed by atoms with Crippen LogP contribution < -0.4 is 9.47 Å². The van der Waals surface area contributed by atoms with Crippen LogP contribution in [-0.2, 0) is 11.2 Å². The van der Waals surface area contributed by atoms with Gasteiger partial charge >= 0.3 is 5.97 Å². The van der Waals surface area contributed by atoms with Gasteiger partial charge in [0.2, 0.25) is 0 Å². The van der Waals surface area contributed by atoms with Crippen molar-refractivity contribution >= 4 is 5.97 Å². The first-order chi connectivity index (χ1) is 14.9. The summed E-state index contributed by atoms with van der Waals surface area (Å²) in [4.78, 5) is 10.9. The zero-order chi connectivity index (χ0) is 22.0. The van der Waals surface area contributed by atoms with E-state index in [4.69, 9.17) is 14.6 Å². The van der Waals surface area contributed by atoms with E-state index >= 15 is 0 Å². The van der Waals surface area contributed by atoms with Gasteiger partial charge in [0.15, 0.2) is 11.6 Å². The van der Waals surface area contributed by atoms with Crippen LogP contribution in [0.1, 0.15) is 41.7 Å². The molecule has 160 valence electrons. The molecule has 5 nitrogen and oxygen atoms in total. The van der Waals surface area contributed by atoms with Crippen LogP contribution in [0.4, 0.5) is 4.39 Å². The topological polar surface area (TPSA) is 76.0 Å². The average molecular weight is 422 g/mol. The number of rotatable bonds is 6. The average Bonchev–Trinajstić information content (AvgIpc) is 2.78. The maximum absolute atomic E-state index is 13.7. The van der Waals surface area contributed by atoms with Crippen LogP contribution in [0.2, 0.25) is 0 Å². The third-order valence-electron chi connectivity index (χ3n) is 5.56. The first kappa shape index (κ1) is 20.9. The number of benzene rings is 3. The number of hydrogen-bond donors (Lipinski definition) is 2. The van der Waals surface area contributed by atoms with Crippen molar-refractivity contribution in [2.24, 2.45) is 0 Å². The Labute approximate surface area is 179 Å². The van der Waals surface area contributed by atoms with Gasteiger partial charge < -0.3 is 19.7 Å². The second kappa shape index (κ2) is 8.78. The molecular weight excluding hydrogens is 399 g/mol. The molecule has 4 rings (SSSR count). The molecule has 0 aliphatic carbocycles. The molecule has 1 unspecified atom stereocenters. The molecule has 0 amide bonds. The molecular formula is C25H23FO5. The summed E-state index contributed by atoms with van der Waals surface area (Å²) in [5.74, 6) is -0.576. The van der Waals surface area contributed by atoms with E-state index in [-0.39, 0.29) is 18.3 Å². The van der Waals surface area contributed by atoms with Gasteiger partial charge in [0.25, 0.3) is 0 Å². The number of aryl methyl sites for hydroxylation is 1. The van der Waals surface area contributed by atoms with Crippen molar-refractivity contribution in [3.05, 3.63) is 83.2 Å². The molecule has 0 saturated carbocycles. The van der Waals surface area contributed by atoms with Crippen molar-refractivity contribution in [2.45, 2.75) is 31.5 Å². The maximum atomic E-state index is 13.7. The Balaban J connectivity index is 1.52. The highest BCUT2D eigenvalue weighted by Crippen LogP contribution is 2.37. The first-order valence-corrected chi connectivity index (χ1v) is 10.1. The molecule has 0 radical (unpaired) electrons. The Bertz CT molecular complexity index is 1090. The molecule has 0 saturated heterocycles. The predicted octanol–water partition coefficient (Wildman–Crippen LogP) is 5.08. The number of methoxy groups -OCH3 is 1. The van der Waals surface area contributed by atoms with E-state index in [1.165, 1.54) is 13.2 Å². The maximum Gasteiger partial charge on any atom is 0.306 e. The van der Waals surface area contributed by atoms with Crippen LogP contribution in [0, 0.1) is 5.82 Å². The summed E-state index contributed by atoms with van der Waals surface area (Å²) in [5.41, 5.74) is 4.38. The largest absolute Gasteiger partial charge is 0.494 e. The monoisotopic (exact) mass is 422 g/mol. The summed E-state index contributed by atoms with van der Waals surface area (Å²) in [6.07, 6.45) is 0.0765. The Morgan fingerprint density at radius 3 is 2.58 bits per heavy atom. The van der Waals surface area contributed by atoms with Crippen LogP contribution in [0.5, 0.6) is 11.5 Å². The molecule has 0 aromatic heterocycles. The number of aliphatic hydroxyl groups excluding tert-OH is 1. The second-order valence-electron chi connectivity index (χ2n) is 7.60. The third kappa shape index (κ3) is 4.54. The van der Waals surface area contributed by atoms with E-state index < -0.39 is 17.9 Å². The van der Waals surface area contributed by atoms with Gasteiger partial charge in [0, 0.05) is 0 Å². The number of carboxylic acid groups (broad SMARTS) is 1. The van der Waals surface area contributed by atoms with Crippen molar-refractivity contribution in [3.8, 4) is 22.6 Å². The number of aliphatic carboxylic acids is 1. The highest BCUT2D eigenvalue weighted by atomic mass is 19.1. The molecule has 1 aliphatic rings. The minimum absolute atomic E-state index is 0.142. The number of hydrogen-bond acceptors (Lipinski definition) is 4. The molecule has 2 N–H and O–H groups in total. The van der Waals surface area contributed by atoms with E-state index in [1.54, 1.807) is 24.3 Å². The van der Waals surface area contributed by atoms with Gasteiger partial charge in [0.05, 0.1) is 19.6 Å². The van der Waals surface area contributed by atoms with Gasteiger partial charge in [-0.25, -0.2) is 4.39 Å². The van der Waals surface area contributed by atoms with Gasteiger partial charge in [-0.1, -0.05) is 42.5 Å². The lowest BCUT2D eigenvalue weighted by atomic mass is 9.94. The van der Waals surface area contributed by atoms with Gasteiger partial charge in [-0.15, -0.1) is 0 Å². The summed E-state index contributed by atoms with van der Waals surface area (Å²) in [6.45, 7) is 0. The number of carbonyl (C=O) groups is 1. The molecule has 31 heavy (non-hydrogen) atoms. The quantitative estimate of drug-likeness (QED) is 0.580. The molecule has 3 aromatic carbocycles. The molecule has 1 heterocycles. The third-order valence-corrected chi connectivity index (χ3v) is 5.56. The number of carboxylic acids is 1. The summed E-state index contributed by atoms with van der Waals surface area (Å²) in [7, 11) is 1.44. The van der Waals surface area contributed by atoms with E-state index in [2.05, 4.69) is 0 Å². The summed E-state index contributed by atoms with van der Waals surface area (Å²) >= 11 is 0. The standard InChI is InChI=1S/C25H23FO5/c1-30-24-12-18(8-10-20(24)26)15-2-4-16(5-3-15)22-11-9-17-6-7-19(13-23(17)31-22)21(27)14-25(28)29/h2-8,10,12-13,21-22,27H,9,11,14H2,1H3,(H,28,29)/t21-,22?/m1/s1. The van der Waals surface area contributed by atoms with Gasteiger partial charge in [0.1, 0.15) is 11.9 Å². The first-order valence-electron chi connectivity index (χ1n) is 10.1. The van der Waals surface area contributed by atoms with E-state index in [0.717, 1.165) is 35.1 Å². The summed E-state index contributed by atoms with van der Waals surface area (Å²) in [5, 5.41) is 19.0. The Morgan fingerprint density at radius 2 is 1.87 bits per heavy atom. The Kier molecular flexibility index (Phi) is 5.91. The van der Waals surface area contributed by atoms with Crippen molar-refractivity contribution < 1.29 is 28.9 Å². The van der Waals surface area contributed by atoms with Crippen LogP contribution >= 0.6 is 0 Å². The SMILES string of the molecule is COc1cc(-c2ccc(C3CCc4ccc([C@H](O)CC(=O)O)cc4O3)cc2)ccc1F. The zero-order valence-electron chi connectivity index (χ0n) is 17.0. The molecule has 0 spiro atoms. The van der Waals surface area contributed by atoms with Gasteiger partial charge in [-0.2, -0.15) is 0 Å². The minimum Gasteiger partial charge on any atom is -0.494 e. The lowest BCUT2D eigenvalue weighted by Gasteiger charge is -2.27. The molecule has 0 fully saturated rings. The summed E-state index contributed by atoms with van der Waals surface area (Å²) in [6, 6.07) is 18.0. The number of fused-ring (bicyclic) bond motifs is 1. The van der Waals surface area contributed by atoms with Crippen molar-refractivity contribution in [2.75, 3.05) is 7.11 Å². The second-order valence-corrected chi connectivity index (χ2v) is 7.60. The van der Waals surface area contributed by atoms with Gasteiger partial charge in [-0.3, -0.25) is 4.79 Å². The predicted molar refractivity (Wildman–Crippen MR) is 114 cm³/mol. The highest BCUT2D eigenvalue weighted by molar-refractivity contribution is 5.68. The van der Waals surface area contributed by atoms with Crippen LogP contribution in [0.3, 0.4) is 0 Å². The number of ether oxygens (including phenoxy) is 2. The Hall–Kier alpha value is -3.38. The molecule has 1 aliphatic heterocycles. The lowest BCUT2D eigenvalue weighted by Crippen LogP contribution is -2.16. The van der Waals surface area contributed by atoms with Crippen molar-refractivity contribution in [3.63, 3.8) is 0 Å². The highest BCUT2D eigenvalue weighted by Gasteiger charge is 2.23. The fourth-order valence-corrected chi connectivity index (χ4v) is 3.84. The lowest BCUT2D eigenvalue weighted by molar-refractivity contribution is -0.139. The smallest absolute Gasteiger partial charge is 0.306 e. The fourth-order valence-electron chi connectivity index (χ4n) is 3.84. The van der Waals surface area contributed by atoms with E-state index in [1.807, 2.05) is 30.3 Å². The Morgan fingerprint density at radius 1 is 1.13 bits per heavy atom. The van der Waals surface area contributed by atoms with Crippen LogP contribution in [0.15, 0.2) is 60.7 Å². The zero-order valence-corrected chi connectivity index (χ0v) is 17.0. The number of aliphatic hydroxyl groups is 1. The summed E-state index contributed by atoms with van der Waals surface area (Å²) < 4.78 is 24.9. The minimum atomic E-state index is -1.07. The van der Waals surface area contributed by atoms with Crippen molar-refractivity contribution in [1.82, 2.24) is 0 Å². The molecule has 0 bridgehead atoms. The number of halogens is 1.